The topological polar surface area (TPSA) is 12.0 Å². The van der Waals surface area contributed by atoms with Crippen LogP contribution in [-0.2, 0) is 11.6 Å². The van der Waals surface area contributed by atoms with E-state index in [-0.39, 0.29) is 5.41 Å². The van der Waals surface area contributed by atoms with Crippen LogP contribution in [-0.4, -0.2) is 13.1 Å². The molecule has 2 rings (SSSR count). The number of rotatable bonds is 1. The van der Waals surface area contributed by atoms with Crippen molar-refractivity contribution in [1.29, 1.82) is 0 Å². The predicted molar refractivity (Wildman–Crippen MR) is 60.6 cm³/mol. The van der Waals surface area contributed by atoms with Crippen LogP contribution >= 0.6 is 0 Å². The van der Waals surface area contributed by atoms with E-state index >= 15 is 0 Å². The minimum atomic E-state index is -4.28. The summed E-state index contributed by atoms with van der Waals surface area (Å²) >= 11 is 0. The van der Waals surface area contributed by atoms with Gasteiger partial charge >= 0.3 is 6.18 Å². The molecule has 0 unspecified atom stereocenters. The second kappa shape index (κ2) is 4.33. The Kier molecular flexibility index (Phi) is 3.17. The molecule has 0 amide bonds. The molecule has 4 heteroatoms. The van der Waals surface area contributed by atoms with Gasteiger partial charge in [0.2, 0.25) is 0 Å². The minimum absolute atomic E-state index is 0.382. The van der Waals surface area contributed by atoms with E-state index in [0.717, 1.165) is 32.0 Å². The van der Waals surface area contributed by atoms with Gasteiger partial charge in [-0.2, -0.15) is 13.2 Å². The molecule has 1 fully saturated rings. The number of halogens is 3. The van der Waals surface area contributed by atoms with Crippen molar-refractivity contribution in [2.75, 3.05) is 13.1 Å². The van der Waals surface area contributed by atoms with Crippen LogP contribution in [0.15, 0.2) is 24.3 Å². The number of nitrogens with one attached hydrogen (secondary N) is 1. The molecule has 1 aliphatic rings. The lowest BCUT2D eigenvalue weighted by Gasteiger charge is -2.34. The third-order valence-electron chi connectivity index (χ3n) is 3.36. The van der Waals surface area contributed by atoms with E-state index in [4.69, 9.17) is 0 Å². The molecular formula is C13H15F3N. The van der Waals surface area contributed by atoms with Crippen LogP contribution in [0.1, 0.15) is 24.0 Å². The summed E-state index contributed by atoms with van der Waals surface area (Å²) in [5.74, 6) is 0. The van der Waals surface area contributed by atoms with E-state index in [1.807, 2.05) is 0 Å². The van der Waals surface area contributed by atoms with E-state index in [9.17, 15) is 13.2 Å². The van der Waals surface area contributed by atoms with Crippen molar-refractivity contribution in [3.8, 4) is 0 Å². The van der Waals surface area contributed by atoms with E-state index in [1.165, 1.54) is 12.1 Å². The smallest absolute Gasteiger partial charge is 0.317 e. The molecule has 0 bridgehead atoms. The summed E-state index contributed by atoms with van der Waals surface area (Å²) in [5.41, 5.74) is -0.280. The second-order valence-corrected chi connectivity index (χ2v) is 4.61. The molecular weight excluding hydrogens is 227 g/mol. The van der Waals surface area contributed by atoms with Gasteiger partial charge in [-0.1, -0.05) is 18.2 Å². The Morgan fingerprint density at radius 3 is 2.41 bits per heavy atom. The Hall–Kier alpha value is -1.03. The first-order chi connectivity index (χ1) is 7.92. The van der Waals surface area contributed by atoms with Crippen molar-refractivity contribution in [1.82, 2.24) is 5.32 Å². The number of hydrogen-bond acceptors (Lipinski definition) is 1. The maximum atomic E-state index is 12.6. The zero-order valence-electron chi connectivity index (χ0n) is 9.48. The highest BCUT2D eigenvalue weighted by Crippen LogP contribution is 2.36. The zero-order valence-corrected chi connectivity index (χ0v) is 9.48. The molecule has 0 spiro atoms. The minimum Gasteiger partial charge on any atom is -0.317 e. The molecule has 0 atom stereocenters. The third-order valence-corrected chi connectivity index (χ3v) is 3.36. The van der Waals surface area contributed by atoms with Crippen LogP contribution in [0, 0.1) is 6.92 Å². The molecule has 1 nitrogen and oxygen atoms in total. The number of alkyl halides is 3. The standard InChI is InChI=1S/C13H15F3N/c1-12(5-7-17-8-6-12)10-3-2-4-11(9-10)13(14,15)16/h2-4,9,17H,1,5-8H2. The Morgan fingerprint density at radius 2 is 1.82 bits per heavy atom. The molecule has 0 aliphatic carbocycles. The SMILES string of the molecule is [CH2]C1(c2cccc(C(F)(F)F)c2)CCNCC1. The van der Waals surface area contributed by atoms with Gasteiger partial charge in [-0.05, 0) is 49.9 Å². The number of benzene rings is 1. The molecule has 0 saturated carbocycles. The summed E-state index contributed by atoms with van der Waals surface area (Å²) in [6, 6.07) is 5.55. The zero-order chi connectivity index (χ0) is 12.5. The van der Waals surface area contributed by atoms with Gasteiger partial charge < -0.3 is 5.32 Å². The fraction of sp³-hybridized carbons (Fsp3) is 0.462. The van der Waals surface area contributed by atoms with Crippen molar-refractivity contribution in [2.24, 2.45) is 0 Å². The van der Waals surface area contributed by atoms with E-state index in [2.05, 4.69) is 12.2 Å². The van der Waals surface area contributed by atoms with Crippen LogP contribution in [0.2, 0.25) is 0 Å². The molecule has 1 heterocycles. The van der Waals surface area contributed by atoms with Crippen molar-refractivity contribution in [3.63, 3.8) is 0 Å². The Labute approximate surface area is 99.0 Å². The molecule has 17 heavy (non-hydrogen) atoms. The first kappa shape index (κ1) is 12.4. The Bertz CT molecular complexity index is 392. The molecule has 1 aromatic rings. The molecule has 0 aromatic heterocycles. The summed E-state index contributed by atoms with van der Waals surface area (Å²) in [4.78, 5) is 0. The van der Waals surface area contributed by atoms with Gasteiger partial charge in [-0.15, -0.1) is 0 Å². The van der Waals surface area contributed by atoms with Crippen LogP contribution in [0.3, 0.4) is 0 Å². The van der Waals surface area contributed by atoms with E-state index < -0.39 is 11.7 Å². The van der Waals surface area contributed by atoms with Crippen LogP contribution < -0.4 is 5.32 Å². The Balaban J connectivity index is 2.32. The van der Waals surface area contributed by atoms with Crippen molar-refractivity contribution >= 4 is 0 Å². The summed E-state index contributed by atoms with van der Waals surface area (Å²) in [6.45, 7) is 5.73. The molecule has 93 valence electrons. The highest BCUT2D eigenvalue weighted by atomic mass is 19.4. The molecule has 1 radical (unpaired) electrons. The summed E-state index contributed by atoms with van der Waals surface area (Å²) in [6.07, 6.45) is -2.73. The van der Waals surface area contributed by atoms with E-state index in [0.29, 0.717) is 5.56 Å². The monoisotopic (exact) mass is 242 g/mol. The van der Waals surface area contributed by atoms with Gasteiger partial charge in [0, 0.05) is 0 Å². The normalized spacial score (nSPS) is 20.2. The lowest BCUT2D eigenvalue weighted by atomic mass is 9.75. The average molecular weight is 242 g/mol. The van der Waals surface area contributed by atoms with Crippen LogP contribution in [0.4, 0.5) is 13.2 Å². The van der Waals surface area contributed by atoms with Crippen molar-refractivity contribution in [3.05, 3.63) is 42.3 Å². The van der Waals surface area contributed by atoms with Crippen molar-refractivity contribution in [2.45, 2.75) is 24.4 Å². The summed E-state index contributed by atoms with van der Waals surface area (Å²) in [7, 11) is 0. The Morgan fingerprint density at radius 1 is 1.18 bits per heavy atom. The van der Waals surface area contributed by atoms with Crippen LogP contribution in [0.5, 0.6) is 0 Å². The van der Waals surface area contributed by atoms with Gasteiger partial charge in [-0.3, -0.25) is 0 Å². The third kappa shape index (κ3) is 2.63. The molecule has 1 aliphatic heterocycles. The highest BCUT2D eigenvalue weighted by Gasteiger charge is 2.34. The van der Waals surface area contributed by atoms with Gasteiger partial charge in [0.15, 0.2) is 0 Å². The maximum absolute atomic E-state index is 12.6. The average Bonchev–Trinajstić information content (AvgIpc) is 2.29. The van der Waals surface area contributed by atoms with Crippen LogP contribution in [0.25, 0.3) is 0 Å². The first-order valence-electron chi connectivity index (χ1n) is 5.66. The summed E-state index contributed by atoms with van der Waals surface area (Å²) < 4.78 is 37.9. The summed E-state index contributed by atoms with van der Waals surface area (Å²) in [5, 5.41) is 3.19. The van der Waals surface area contributed by atoms with Gasteiger partial charge in [0.05, 0.1) is 5.56 Å². The molecule has 1 N–H and O–H groups in total. The lowest BCUT2D eigenvalue weighted by molar-refractivity contribution is -0.137. The first-order valence-corrected chi connectivity index (χ1v) is 5.66. The van der Waals surface area contributed by atoms with E-state index in [1.54, 1.807) is 6.07 Å². The van der Waals surface area contributed by atoms with Gasteiger partial charge in [0.1, 0.15) is 0 Å². The van der Waals surface area contributed by atoms with Gasteiger partial charge in [-0.25, -0.2) is 0 Å². The van der Waals surface area contributed by atoms with Crippen molar-refractivity contribution < 1.29 is 13.2 Å². The largest absolute Gasteiger partial charge is 0.416 e. The molecule has 1 aromatic carbocycles. The fourth-order valence-corrected chi connectivity index (χ4v) is 2.22. The lowest BCUT2D eigenvalue weighted by Crippen LogP contribution is -2.38. The van der Waals surface area contributed by atoms with Gasteiger partial charge in [0.25, 0.3) is 0 Å². The number of piperidine rings is 1. The number of hydrogen-bond donors (Lipinski definition) is 1. The predicted octanol–water partition coefficient (Wildman–Crippen LogP) is 3.16. The fourth-order valence-electron chi connectivity index (χ4n) is 2.22. The quantitative estimate of drug-likeness (QED) is 0.797. The second-order valence-electron chi connectivity index (χ2n) is 4.61. The maximum Gasteiger partial charge on any atom is 0.416 e. The highest BCUT2D eigenvalue weighted by molar-refractivity contribution is 5.33. The molecule has 1 saturated heterocycles.